The van der Waals surface area contributed by atoms with Gasteiger partial charge >= 0.3 is 5.97 Å². The molecule has 0 radical (unpaired) electrons. The van der Waals surface area contributed by atoms with Gasteiger partial charge in [0.2, 0.25) is 5.91 Å². The predicted molar refractivity (Wildman–Crippen MR) is 121 cm³/mol. The number of para-hydroxylation sites is 1. The summed E-state index contributed by atoms with van der Waals surface area (Å²) in [6.45, 7) is 2.09. The van der Waals surface area contributed by atoms with Crippen LogP contribution in [-0.2, 0) is 20.9 Å². The number of carbonyl (C=O) groups is 2. The number of nitrogens with zero attached hydrogens (tertiary/aromatic N) is 2. The first-order valence-corrected chi connectivity index (χ1v) is 10.9. The minimum absolute atomic E-state index is 0.117. The number of methoxy groups -OCH3 is 2. The van der Waals surface area contributed by atoms with E-state index < -0.39 is 12.0 Å². The third-order valence-electron chi connectivity index (χ3n) is 5.22. The molecule has 0 spiro atoms. The number of hydrogen-bond acceptors (Lipinski definition) is 8. The number of fused-ring (bicyclic) bond motifs is 1. The predicted octanol–water partition coefficient (Wildman–Crippen LogP) is 3.74. The SMILES string of the molecule is COC(=O)C1=C(C)N=C2SC=C(CC(=O)NCc3ccco3)N2[C@@H]1c1ccccc1OC. The van der Waals surface area contributed by atoms with E-state index in [-0.39, 0.29) is 12.3 Å². The summed E-state index contributed by atoms with van der Waals surface area (Å²) >= 11 is 1.42. The summed E-state index contributed by atoms with van der Waals surface area (Å²) in [6.07, 6.45) is 1.68. The zero-order valence-electron chi connectivity index (χ0n) is 18.0. The van der Waals surface area contributed by atoms with Gasteiger partial charge < -0.3 is 24.1 Å². The number of furan rings is 1. The van der Waals surface area contributed by atoms with Crippen molar-refractivity contribution in [3.8, 4) is 5.75 Å². The molecular weight excluding hydrogens is 430 g/mol. The Hall–Kier alpha value is -3.46. The van der Waals surface area contributed by atoms with E-state index >= 15 is 0 Å². The maximum atomic E-state index is 12.8. The van der Waals surface area contributed by atoms with Gasteiger partial charge in [-0.15, -0.1) is 0 Å². The fourth-order valence-corrected chi connectivity index (χ4v) is 4.72. The van der Waals surface area contributed by atoms with Gasteiger partial charge in [-0.3, -0.25) is 4.79 Å². The van der Waals surface area contributed by atoms with Gasteiger partial charge in [0.25, 0.3) is 0 Å². The highest BCUT2D eigenvalue weighted by Gasteiger charge is 2.42. The van der Waals surface area contributed by atoms with Gasteiger partial charge in [-0.1, -0.05) is 30.0 Å². The minimum atomic E-state index is -0.537. The highest BCUT2D eigenvalue weighted by Crippen LogP contribution is 2.46. The molecule has 1 amide bonds. The van der Waals surface area contributed by atoms with Crippen molar-refractivity contribution in [1.82, 2.24) is 10.2 Å². The summed E-state index contributed by atoms with van der Waals surface area (Å²) in [7, 11) is 2.93. The lowest BCUT2D eigenvalue weighted by atomic mass is 9.93. The number of esters is 1. The first-order valence-electron chi connectivity index (χ1n) is 9.98. The standard InChI is InChI=1S/C23H23N3O5S/c1-14-20(22(28)30-3)21(17-8-4-5-9-18(17)29-2)26-15(13-32-23(26)25-14)11-19(27)24-12-16-7-6-10-31-16/h4-10,13,21H,11-12H2,1-3H3,(H,24,27)/t21-/m1/s1. The highest BCUT2D eigenvalue weighted by atomic mass is 32.2. The van der Waals surface area contributed by atoms with E-state index in [1.165, 1.54) is 18.9 Å². The third-order valence-corrected chi connectivity index (χ3v) is 6.11. The van der Waals surface area contributed by atoms with Crippen molar-refractivity contribution in [2.24, 2.45) is 4.99 Å². The molecule has 0 saturated heterocycles. The third kappa shape index (κ3) is 4.16. The first kappa shape index (κ1) is 21.8. The van der Waals surface area contributed by atoms with Gasteiger partial charge in [0.15, 0.2) is 5.17 Å². The molecule has 0 bridgehead atoms. The molecule has 0 saturated carbocycles. The van der Waals surface area contributed by atoms with Gasteiger partial charge in [0.05, 0.1) is 50.8 Å². The average molecular weight is 454 g/mol. The summed E-state index contributed by atoms with van der Waals surface area (Å²) in [5.74, 6) is 0.664. The molecule has 9 heteroatoms. The quantitative estimate of drug-likeness (QED) is 0.638. The van der Waals surface area contributed by atoms with Gasteiger partial charge in [-0.2, -0.15) is 0 Å². The molecule has 2 aliphatic rings. The minimum Gasteiger partial charge on any atom is -0.496 e. The Kier molecular flexibility index (Phi) is 6.36. The van der Waals surface area contributed by atoms with Crippen LogP contribution in [0.4, 0.5) is 0 Å². The number of nitrogens with one attached hydrogen (secondary N) is 1. The molecular formula is C23H23N3O5S. The fourth-order valence-electron chi connectivity index (χ4n) is 3.75. The lowest BCUT2D eigenvalue weighted by molar-refractivity contribution is -0.136. The topological polar surface area (TPSA) is 93.4 Å². The van der Waals surface area contributed by atoms with Crippen LogP contribution in [0.5, 0.6) is 5.75 Å². The number of aliphatic imine (C=N–C) groups is 1. The van der Waals surface area contributed by atoms with E-state index in [0.717, 1.165) is 11.3 Å². The van der Waals surface area contributed by atoms with E-state index in [9.17, 15) is 9.59 Å². The summed E-state index contributed by atoms with van der Waals surface area (Å²) in [6, 6.07) is 10.5. The molecule has 1 atom stereocenters. The van der Waals surface area contributed by atoms with E-state index in [0.29, 0.717) is 34.5 Å². The lowest BCUT2D eigenvalue weighted by Gasteiger charge is -2.36. The Balaban J connectivity index is 1.66. The van der Waals surface area contributed by atoms with Crippen LogP contribution in [0.25, 0.3) is 0 Å². The molecule has 32 heavy (non-hydrogen) atoms. The van der Waals surface area contributed by atoms with Crippen LogP contribution >= 0.6 is 11.8 Å². The van der Waals surface area contributed by atoms with Crippen molar-refractivity contribution < 1.29 is 23.5 Å². The number of amidine groups is 1. The molecule has 0 aliphatic carbocycles. The number of hydrogen-bond donors (Lipinski definition) is 1. The maximum Gasteiger partial charge on any atom is 0.338 e. The number of rotatable bonds is 7. The molecule has 166 valence electrons. The summed E-state index contributed by atoms with van der Waals surface area (Å²) in [4.78, 5) is 32.0. The Morgan fingerprint density at radius 3 is 2.75 bits per heavy atom. The Morgan fingerprint density at radius 2 is 2.03 bits per heavy atom. The molecule has 2 aromatic rings. The average Bonchev–Trinajstić information content (AvgIpc) is 3.46. The molecule has 3 heterocycles. The van der Waals surface area contributed by atoms with Crippen molar-refractivity contribution in [3.63, 3.8) is 0 Å². The normalized spacial score (nSPS) is 17.5. The summed E-state index contributed by atoms with van der Waals surface area (Å²) < 4.78 is 15.9. The largest absolute Gasteiger partial charge is 0.496 e. The van der Waals surface area contributed by atoms with E-state index in [1.807, 2.05) is 34.6 Å². The highest BCUT2D eigenvalue weighted by molar-refractivity contribution is 8.16. The van der Waals surface area contributed by atoms with Crippen molar-refractivity contribution >= 4 is 28.8 Å². The molecule has 1 aromatic carbocycles. The van der Waals surface area contributed by atoms with Crippen LogP contribution in [0, 0.1) is 0 Å². The first-order chi connectivity index (χ1) is 15.5. The van der Waals surface area contributed by atoms with Crippen LogP contribution < -0.4 is 10.1 Å². The zero-order valence-corrected chi connectivity index (χ0v) is 18.8. The van der Waals surface area contributed by atoms with Crippen molar-refractivity contribution in [3.05, 3.63) is 76.4 Å². The van der Waals surface area contributed by atoms with Crippen LogP contribution in [0.15, 0.2) is 74.4 Å². The number of benzene rings is 1. The molecule has 4 rings (SSSR count). The second-order valence-electron chi connectivity index (χ2n) is 7.16. The number of thioether (sulfide) groups is 1. The van der Waals surface area contributed by atoms with E-state index in [4.69, 9.17) is 13.9 Å². The summed E-state index contributed by atoms with van der Waals surface area (Å²) in [5.41, 5.74) is 2.50. The van der Waals surface area contributed by atoms with Gasteiger partial charge in [-0.05, 0) is 30.5 Å². The van der Waals surface area contributed by atoms with Gasteiger partial charge in [-0.25, -0.2) is 9.79 Å². The summed E-state index contributed by atoms with van der Waals surface area (Å²) in [5, 5.41) is 5.45. The monoisotopic (exact) mass is 453 g/mol. The fraction of sp³-hybridized carbons (Fsp3) is 0.261. The van der Waals surface area contributed by atoms with Crippen molar-refractivity contribution in [2.75, 3.05) is 14.2 Å². The number of carbonyl (C=O) groups excluding carboxylic acids is 2. The Morgan fingerprint density at radius 1 is 1.22 bits per heavy atom. The molecule has 0 unspecified atom stereocenters. The molecule has 1 aromatic heterocycles. The molecule has 2 aliphatic heterocycles. The van der Waals surface area contributed by atoms with Gasteiger partial charge in [0, 0.05) is 11.3 Å². The van der Waals surface area contributed by atoms with Crippen LogP contribution in [0.1, 0.15) is 30.7 Å². The molecule has 0 fully saturated rings. The Bertz CT molecular complexity index is 1120. The molecule has 1 N–H and O–H groups in total. The second-order valence-corrected chi connectivity index (χ2v) is 8.00. The van der Waals surface area contributed by atoms with Crippen LogP contribution in [-0.4, -0.2) is 36.2 Å². The Labute approximate surface area is 190 Å². The zero-order chi connectivity index (χ0) is 22.7. The van der Waals surface area contributed by atoms with E-state index in [1.54, 1.807) is 32.4 Å². The maximum absolute atomic E-state index is 12.8. The lowest BCUT2D eigenvalue weighted by Crippen LogP contribution is -2.38. The van der Waals surface area contributed by atoms with Gasteiger partial charge in [0.1, 0.15) is 11.5 Å². The second kappa shape index (κ2) is 9.35. The van der Waals surface area contributed by atoms with E-state index in [2.05, 4.69) is 10.3 Å². The number of allylic oxidation sites excluding steroid dienone is 1. The number of ether oxygens (including phenoxy) is 2. The number of amides is 1. The smallest absolute Gasteiger partial charge is 0.338 e. The van der Waals surface area contributed by atoms with Crippen LogP contribution in [0.2, 0.25) is 0 Å². The molecule has 8 nitrogen and oxygen atoms in total. The van der Waals surface area contributed by atoms with Crippen molar-refractivity contribution in [1.29, 1.82) is 0 Å². The van der Waals surface area contributed by atoms with Crippen molar-refractivity contribution in [2.45, 2.75) is 25.9 Å². The van der Waals surface area contributed by atoms with Crippen LogP contribution in [0.3, 0.4) is 0 Å².